The number of hydrogen-bond acceptors (Lipinski definition) is 4. The van der Waals surface area contributed by atoms with E-state index in [2.05, 4.69) is 13.8 Å². The Labute approximate surface area is 101 Å². The molecule has 1 heterocycles. The molecule has 0 radical (unpaired) electrons. The molecule has 17 heavy (non-hydrogen) atoms. The summed E-state index contributed by atoms with van der Waals surface area (Å²) in [7, 11) is 0. The average Bonchev–Trinajstić information content (AvgIpc) is 2.75. The molecule has 1 aromatic rings. The van der Waals surface area contributed by atoms with Crippen molar-refractivity contribution < 1.29 is 14.6 Å². The van der Waals surface area contributed by atoms with Gasteiger partial charge in [0.1, 0.15) is 0 Å². The van der Waals surface area contributed by atoms with Crippen LogP contribution >= 0.6 is 0 Å². The Bertz CT molecular complexity index is 392. The van der Waals surface area contributed by atoms with Crippen LogP contribution in [-0.4, -0.2) is 18.5 Å². The van der Waals surface area contributed by atoms with Gasteiger partial charge in [0, 0.05) is 18.6 Å². The molecule has 2 unspecified atom stereocenters. The Morgan fingerprint density at radius 3 is 2.65 bits per heavy atom. The van der Waals surface area contributed by atoms with Gasteiger partial charge in [-0.15, -0.1) is 0 Å². The van der Waals surface area contributed by atoms with Crippen LogP contribution in [0.25, 0.3) is 0 Å². The zero-order chi connectivity index (χ0) is 12.4. The second-order valence-corrected chi connectivity index (χ2v) is 4.73. The normalized spacial score (nSPS) is 17.2. The first-order chi connectivity index (χ1) is 8.13. The second kappa shape index (κ2) is 4.94. The van der Waals surface area contributed by atoms with Crippen LogP contribution in [-0.2, 0) is 0 Å². The van der Waals surface area contributed by atoms with Gasteiger partial charge in [0.15, 0.2) is 11.5 Å². The van der Waals surface area contributed by atoms with Gasteiger partial charge in [0.05, 0.1) is 0 Å². The molecule has 4 nitrogen and oxygen atoms in total. The fourth-order valence-corrected chi connectivity index (χ4v) is 2.11. The highest BCUT2D eigenvalue weighted by atomic mass is 16.7. The maximum absolute atomic E-state index is 9.39. The zero-order valence-corrected chi connectivity index (χ0v) is 10.2. The maximum atomic E-state index is 9.39. The van der Waals surface area contributed by atoms with Crippen molar-refractivity contribution in [2.75, 3.05) is 13.4 Å². The van der Waals surface area contributed by atoms with Crippen LogP contribution in [0.2, 0.25) is 0 Å². The van der Waals surface area contributed by atoms with E-state index in [4.69, 9.17) is 15.2 Å². The summed E-state index contributed by atoms with van der Waals surface area (Å²) in [4.78, 5) is 0. The van der Waals surface area contributed by atoms with Gasteiger partial charge in [-0.1, -0.05) is 19.9 Å². The maximum Gasteiger partial charge on any atom is 0.231 e. The van der Waals surface area contributed by atoms with Crippen LogP contribution < -0.4 is 15.2 Å². The van der Waals surface area contributed by atoms with E-state index in [9.17, 15) is 5.11 Å². The Balaban J connectivity index is 2.21. The SMILES string of the molecule is CC(C)C(CO)C(N)c1ccc2c(c1)OCO2. The van der Waals surface area contributed by atoms with Crippen molar-refractivity contribution in [3.8, 4) is 11.5 Å². The van der Waals surface area contributed by atoms with Gasteiger partial charge in [-0.25, -0.2) is 0 Å². The number of nitrogens with two attached hydrogens (primary N) is 1. The second-order valence-electron chi connectivity index (χ2n) is 4.73. The number of aliphatic hydroxyl groups excluding tert-OH is 1. The van der Waals surface area contributed by atoms with Crippen LogP contribution in [0, 0.1) is 11.8 Å². The number of aliphatic hydroxyl groups is 1. The number of hydrogen-bond donors (Lipinski definition) is 2. The summed E-state index contributed by atoms with van der Waals surface area (Å²) < 4.78 is 10.6. The van der Waals surface area contributed by atoms with Crippen LogP contribution in [0.15, 0.2) is 18.2 Å². The largest absolute Gasteiger partial charge is 0.454 e. The lowest BCUT2D eigenvalue weighted by Crippen LogP contribution is -2.28. The van der Waals surface area contributed by atoms with E-state index in [1.54, 1.807) is 0 Å². The molecule has 2 rings (SSSR count). The highest BCUT2D eigenvalue weighted by Gasteiger charge is 2.24. The van der Waals surface area contributed by atoms with E-state index in [0.29, 0.717) is 5.92 Å². The van der Waals surface area contributed by atoms with Gasteiger partial charge >= 0.3 is 0 Å². The number of rotatable bonds is 4. The molecule has 4 heteroatoms. The first kappa shape index (κ1) is 12.2. The van der Waals surface area contributed by atoms with E-state index in [1.807, 2.05) is 18.2 Å². The van der Waals surface area contributed by atoms with Crippen molar-refractivity contribution in [1.29, 1.82) is 0 Å². The summed E-state index contributed by atoms with van der Waals surface area (Å²) in [6, 6.07) is 5.52. The number of ether oxygens (including phenoxy) is 2. The van der Waals surface area contributed by atoms with E-state index in [0.717, 1.165) is 17.1 Å². The van der Waals surface area contributed by atoms with Crippen molar-refractivity contribution in [1.82, 2.24) is 0 Å². The van der Waals surface area contributed by atoms with E-state index in [1.165, 1.54) is 0 Å². The number of benzene rings is 1. The molecule has 1 aliphatic heterocycles. The standard InChI is InChI=1S/C13H19NO3/c1-8(2)10(6-15)13(14)9-3-4-11-12(5-9)17-7-16-11/h3-5,8,10,13,15H,6-7,14H2,1-2H3. The molecule has 1 aliphatic rings. The fourth-order valence-electron chi connectivity index (χ4n) is 2.11. The van der Waals surface area contributed by atoms with Crippen molar-refractivity contribution >= 4 is 0 Å². The van der Waals surface area contributed by atoms with Crippen molar-refractivity contribution in [3.63, 3.8) is 0 Å². The minimum absolute atomic E-state index is 0.0513. The predicted molar refractivity (Wildman–Crippen MR) is 64.9 cm³/mol. The first-order valence-corrected chi connectivity index (χ1v) is 5.89. The topological polar surface area (TPSA) is 64.7 Å². The fraction of sp³-hybridized carbons (Fsp3) is 0.538. The smallest absolute Gasteiger partial charge is 0.231 e. The third-order valence-electron chi connectivity index (χ3n) is 3.31. The van der Waals surface area contributed by atoms with Crippen LogP contribution in [0.3, 0.4) is 0 Å². The molecule has 0 spiro atoms. The van der Waals surface area contributed by atoms with Crippen molar-refractivity contribution in [2.45, 2.75) is 19.9 Å². The van der Waals surface area contributed by atoms with Gasteiger partial charge in [-0.2, -0.15) is 0 Å². The molecule has 0 aliphatic carbocycles. The molecular formula is C13H19NO3. The van der Waals surface area contributed by atoms with E-state index >= 15 is 0 Å². The van der Waals surface area contributed by atoms with E-state index < -0.39 is 0 Å². The average molecular weight is 237 g/mol. The molecule has 0 amide bonds. The quantitative estimate of drug-likeness (QED) is 0.836. The van der Waals surface area contributed by atoms with E-state index in [-0.39, 0.29) is 25.4 Å². The molecule has 0 saturated carbocycles. The summed E-state index contributed by atoms with van der Waals surface area (Å²) >= 11 is 0. The minimum Gasteiger partial charge on any atom is -0.454 e. The van der Waals surface area contributed by atoms with Crippen molar-refractivity contribution in [2.24, 2.45) is 17.6 Å². The minimum atomic E-state index is -0.186. The molecule has 0 aromatic heterocycles. The Morgan fingerprint density at radius 2 is 2.00 bits per heavy atom. The summed E-state index contributed by atoms with van der Waals surface area (Å²) in [6.07, 6.45) is 0. The lowest BCUT2D eigenvalue weighted by Gasteiger charge is -2.25. The first-order valence-electron chi connectivity index (χ1n) is 5.89. The molecule has 0 fully saturated rings. The third kappa shape index (κ3) is 2.37. The van der Waals surface area contributed by atoms with Gasteiger partial charge in [-0.05, 0) is 23.6 Å². The van der Waals surface area contributed by atoms with Gasteiger partial charge < -0.3 is 20.3 Å². The van der Waals surface area contributed by atoms with Crippen LogP contribution in [0.5, 0.6) is 11.5 Å². The van der Waals surface area contributed by atoms with Gasteiger partial charge in [0.2, 0.25) is 6.79 Å². The molecule has 0 saturated heterocycles. The summed E-state index contributed by atoms with van der Waals surface area (Å²) in [6.45, 7) is 4.48. The Hall–Kier alpha value is -1.26. The molecule has 1 aromatic carbocycles. The highest BCUT2D eigenvalue weighted by Crippen LogP contribution is 2.36. The van der Waals surface area contributed by atoms with Crippen LogP contribution in [0.1, 0.15) is 25.5 Å². The lowest BCUT2D eigenvalue weighted by molar-refractivity contribution is 0.165. The number of fused-ring (bicyclic) bond motifs is 1. The summed E-state index contributed by atoms with van der Waals surface area (Å²) in [5.41, 5.74) is 7.16. The summed E-state index contributed by atoms with van der Waals surface area (Å²) in [5, 5.41) is 9.39. The lowest BCUT2D eigenvalue weighted by atomic mass is 9.85. The Morgan fingerprint density at radius 1 is 1.29 bits per heavy atom. The molecule has 2 atom stereocenters. The molecular weight excluding hydrogens is 218 g/mol. The highest BCUT2D eigenvalue weighted by molar-refractivity contribution is 5.45. The van der Waals surface area contributed by atoms with Crippen molar-refractivity contribution in [3.05, 3.63) is 23.8 Å². The molecule has 3 N–H and O–H groups in total. The van der Waals surface area contributed by atoms with Crippen LogP contribution in [0.4, 0.5) is 0 Å². The summed E-state index contributed by atoms with van der Waals surface area (Å²) in [5.74, 6) is 1.88. The Kier molecular flexibility index (Phi) is 3.54. The third-order valence-corrected chi connectivity index (χ3v) is 3.31. The van der Waals surface area contributed by atoms with Gasteiger partial charge in [-0.3, -0.25) is 0 Å². The van der Waals surface area contributed by atoms with Gasteiger partial charge in [0.25, 0.3) is 0 Å². The monoisotopic (exact) mass is 237 g/mol. The predicted octanol–water partition coefficient (Wildman–Crippen LogP) is 1.68. The molecule has 94 valence electrons. The molecule has 0 bridgehead atoms. The zero-order valence-electron chi connectivity index (χ0n) is 10.2.